The SMILES string of the molecule is Cc1cc[n+](CC(=O)O[C@@H]2C[C@H](C)CC[C@@H]2C(C)C)cc1. The smallest absolute Gasteiger partial charge is 0.372 e. The lowest BCUT2D eigenvalue weighted by molar-refractivity contribution is -0.686. The van der Waals surface area contributed by atoms with Crippen molar-refractivity contribution in [3.63, 3.8) is 0 Å². The molecular weight excluding hydrogens is 262 g/mol. The highest BCUT2D eigenvalue weighted by Gasteiger charge is 2.33. The summed E-state index contributed by atoms with van der Waals surface area (Å²) in [4.78, 5) is 12.2. The fourth-order valence-electron chi connectivity index (χ4n) is 3.24. The first kappa shape index (κ1) is 16.0. The van der Waals surface area contributed by atoms with Crippen LogP contribution in [0.15, 0.2) is 24.5 Å². The molecule has 0 bridgehead atoms. The van der Waals surface area contributed by atoms with Crippen LogP contribution in [-0.2, 0) is 16.1 Å². The lowest BCUT2D eigenvalue weighted by Gasteiger charge is -2.36. The maximum absolute atomic E-state index is 12.2. The zero-order chi connectivity index (χ0) is 15.4. The largest absolute Gasteiger partial charge is 0.457 e. The molecule has 1 aromatic rings. The lowest BCUT2D eigenvalue weighted by atomic mass is 9.75. The number of nitrogens with zero attached hydrogens (tertiary/aromatic N) is 1. The van der Waals surface area contributed by atoms with Crippen LogP contribution in [0.5, 0.6) is 0 Å². The minimum absolute atomic E-state index is 0.0901. The van der Waals surface area contributed by atoms with Crippen LogP contribution in [0.3, 0.4) is 0 Å². The van der Waals surface area contributed by atoms with E-state index in [1.165, 1.54) is 18.4 Å². The standard InChI is InChI=1S/C18H28NO2/c1-13(2)16-6-5-15(4)11-17(16)21-18(20)12-19-9-7-14(3)8-10-19/h7-10,13,15-17H,5-6,11-12H2,1-4H3/q+1/t15-,16-,17-/m1/s1. The van der Waals surface area contributed by atoms with Crippen LogP contribution < -0.4 is 4.57 Å². The Kier molecular flexibility index (Phi) is 5.38. The van der Waals surface area contributed by atoms with Crippen LogP contribution in [0.2, 0.25) is 0 Å². The zero-order valence-electron chi connectivity index (χ0n) is 13.7. The highest BCUT2D eigenvalue weighted by Crippen LogP contribution is 2.35. The Balaban J connectivity index is 1.94. The molecule has 0 amide bonds. The monoisotopic (exact) mass is 290 g/mol. The predicted octanol–water partition coefficient (Wildman–Crippen LogP) is 3.29. The average Bonchev–Trinajstić information content (AvgIpc) is 2.41. The molecule has 1 fully saturated rings. The van der Waals surface area contributed by atoms with Gasteiger partial charge in [0.15, 0.2) is 12.4 Å². The molecule has 1 aliphatic carbocycles. The summed E-state index contributed by atoms with van der Waals surface area (Å²) in [5.74, 6) is 1.62. The normalized spacial score (nSPS) is 25.9. The van der Waals surface area contributed by atoms with Gasteiger partial charge in [0.1, 0.15) is 6.10 Å². The number of hydrogen-bond acceptors (Lipinski definition) is 2. The molecule has 21 heavy (non-hydrogen) atoms. The van der Waals surface area contributed by atoms with Crippen LogP contribution in [0.25, 0.3) is 0 Å². The molecule has 1 aromatic heterocycles. The molecule has 1 aliphatic rings. The second kappa shape index (κ2) is 7.06. The number of carbonyl (C=O) groups is 1. The summed E-state index contributed by atoms with van der Waals surface area (Å²) in [5.41, 5.74) is 1.19. The van der Waals surface area contributed by atoms with Gasteiger partial charge in [-0.05, 0) is 43.1 Å². The fraction of sp³-hybridized carbons (Fsp3) is 0.667. The minimum Gasteiger partial charge on any atom is -0.457 e. The van der Waals surface area contributed by atoms with E-state index in [4.69, 9.17) is 4.74 Å². The Labute approximate surface area is 128 Å². The van der Waals surface area contributed by atoms with Crippen molar-refractivity contribution in [3.05, 3.63) is 30.1 Å². The molecular formula is C18H28NO2+. The molecule has 0 aromatic carbocycles. The Morgan fingerprint density at radius 1 is 1.33 bits per heavy atom. The molecule has 1 heterocycles. The molecule has 0 spiro atoms. The second-order valence-corrected chi connectivity index (χ2v) is 6.90. The van der Waals surface area contributed by atoms with E-state index >= 15 is 0 Å². The van der Waals surface area contributed by atoms with Gasteiger partial charge in [0.05, 0.1) is 0 Å². The molecule has 116 valence electrons. The highest BCUT2D eigenvalue weighted by molar-refractivity contribution is 5.67. The Morgan fingerprint density at radius 3 is 2.62 bits per heavy atom. The first-order valence-electron chi connectivity index (χ1n) is 8.11. The molecule has 0 N–H and O–H groups in total. The number of aromatic nitrogens is 1. The molecule has 3 atom stereocenters. The Hall–Kier alpha value is -1.38. The van der Waals surface area contributed by atoms with Gasteiger partial charge in [0.25, 0.3) is 0 Å². The first-order valence-corrected chi connectivity index (χ1v) is 8.11. The van der Waals surface area contributed by atoms with Crippen molar-refractivity contribution in [2.75, 3.05) is 0 Å². The van der Waals surface area contributed by atoms with E-state index in [2.05, 4.69) is 20.8 Å². The van der Waals surface area contributed by atoms with Crippen molar-refractivity contribution < 1.29 is 14.1 Å². The molecule has 0 aliphatic heterocycles. The Bertz CT molecular complexity index is 467. The molecule has 1 saturated carbocycles. The summed E-state index contributed by atoms with van der Waals surface area (Å²) in [7, 11) is 0. The summed E-state index contributed by atoms with van der Waals surface area (Å²) < 4.78 is 7.69. The number of ether oxygens (including phenoxy) is 1. The van der Waals surface area contributed by atoms with Crippen molar-refractivity contribution in [2.45, 2.75) is 59.6 Å². The quantitative estimate of drug-likeness (QED) is 0.629. The number of hydrogen-bond donors (Lipinski definition) is 0. The molecule has 0 unspecified atom stereocenters. The van der Waals surface area contributed by atoms with Crippen LogP contribution in [0.4, 0.5) is 0 Å². The van der Waals surface area contributed by atoms with Gasteiger partial charge in [-0.15, -0.1) is 0 Å². The van der Waals surface area contributed by atoms with Crippen molar-refractivity contribution in [2.24, 2.45) is 17.8 Å². The van der Waals surface area contributed by atoms with Crippen molar-refractivity contribution in [1.29, 1.82) is 0 Å². The van der Waals surface area contributed by atoms with Crippen molar-refractivity contribution in [3.8, 4) is 0 Å². The number of pyridine rings is 1. The molecule has 3 heteroatoms. The number of aryl methyl sites for hydroxylation is 1. The van der Waals surface area contributed by atoms with Gasteiger partial charge in [-0.1, -0.05) is 27.2 Å². The van der Waals surface area contributed by atoms with E-state index < -0.39 is 0 Å². The van der Waals surface area contributed by atoms with Gasteiger partial charge in [-0.3, -0.25) is 0 Å². The topological polar surface area (TPSA) is 30.2 Å². The van der Waals surface area contributed by atoms with Gasteiger partial charge in [0, 0.05) is 12.1 Å². The van der Waals surface area contributed by atoms with E-state index in [0.29, 0.717) is 24.3 Å². The van der Waals surface area contributed by atoms with Crippen LogP contribution in [0, 0.1) is 24.7 Å². The summed E-state index contributed by atoms with van der Waals surface area (Å²) >= 11 is 0. The maximum Gasteiger partial charge on any atom is 0.372 e. The maximum atomic E-state index is 12.2. The van der Waals surface area contributed by atoms with Crippen LogP contribution >= 0.6 is 0 Å². The van der Waals surface area contributed by atoms with Gasteiger partial charge < -0.3 is 4.74 Å². The fourth-order valence-corrected chi connectivity index (χ4v) is 3.24. The third-order valence-electron chi connectivity index (χ3n) is 4.61. The van der Waals surface area contributed by atoms with E-state index in [0.717, 1.165) is 6.42 Å². The third-order valence-corrected chi connectivity index (χ3v) is 4.61. The van der Waals surface area contributed by atoms with Crippen molar-refractivity contribution >= 4 is 5.97 Å². The number of carbonyl (C=O) groups excluding carboxylic acids is 1. The first-order chi connectivity index (χ1) is 9.95. The minimum atomic E-state index is -0.117. The average molecular weight is 290 g/mol. The van der Waals surface area contributed by atoms with E-state index in [-0.39, 0.29) is 12.1 Å². The predicted molar refractivity (Wildman–Crippen MR) is 82.6 cm³/mol. The second-order valence-electron chi connectivity index (χ2n) is 6.90. The van der Waals surface area contributed by atoms with Gasteiger partial charge in [-0.25, -0.2) is 4.79 Å². The Morgan fingerprint density at radius 2 is 2.00 bits per heavy atom. The molecule has 3 nitrogen and oxygen atoms in total. The van der Waals surface area contributed by atoms with Crippen LogP contribution in [0.1, 0.15) is 45.6 Å². The highest BCUT2D eigenvalue weighted by atomic mass is 16.5. The molecule has 0 radical (unpaired) electrons. The van der Waals surface area contributed by atoms with Crippen molar-refractivity contribution in [1.82, 2.24) is 0 Å². The van der Waals surface area contributed by atoms with E-state index in [1.54, 1.807) is 0 Å². The lowest BCUT2D eigenvalue weighted by Crippen LogP contribution is -2.42. The zero-order valence-corrected chi connectivity index (χ0v) is 13.7. The van der Waals surface area contributed by atoms with E-state index in [9.17, 15) is 4.79 Å². The van der Waals surface area contributed by atoms with Crippen LogP contribution in [-0.4, -0.2) is 12.1 Å². The van der Waals surface area contributed by atoms with Gasteiger partial charge >= 0.3 is 5.97 Å². The van der Waals surface area contributed by atoms with Gasteiger partial charge in [0.2, 0.25) is 6.54 Å². The van der Waals surface area contributed by atoms with E-state index in [1.807, 2.05) is 36.0 Å². The third kappa shape index (κ3) is 4.55. The summed E-state index contributed by atoms with van der Waals surface area (Å²) in [6, 6.07) is 4.01. The van der Waals surface area contributed by atoms with Gasteiger partial charge in [-0.2, -0.15) is 4.57 Å². The number of esters is 1. The molecule has 0 saturated heterocycles. The number of rotatable bonds is 4. The summed E-state index contributed by atoms with van der Waals surface area (Å²) in [6.45, 7) is 9.06. The summed E-state index contributed by atoms with van der Waals surface area (Å²) in [6.07, 6.45) is 7.39. The molecule has 2 rings (SSSR count). The summed E-state index contributed by atoms with van der Waals surface area (Å²) in [5, 5.41) is 0.